The molecule has 0 aliphatic carbocycles. The monoisotopic (exact) mass is 1090 g/mol. The first-order valence-electron chi connectivity index (χ1n) is 32.0. The number of carboxylic acids is 1. The number of hydrogen-bond acceptors (Lipinski definition) is 11. The second-order valence-corrected chi connectivity index (χ2v) is 22.0. The van der Waals surface area contributed by atoms with E-state index in [2.05, 4.69) is 57.2 Å². The van der Waals surface area contributed by atoms with Crippen molar-refractivity contribution in [2.45, 2.75) is 340 Å². The molecule has 12 heteroatoms. The van der Waals surface area contributed by atoms with Gasteiger partial charge in [-0.25, -0.2) is 4.79 Å². The molecule has 1 heterocycles. The first-order chi connectivity index (χ1) is 37.6. The molecule has 3 N–H and O–H groups in total. The van der Waals surface area contributed by atoms with E-state index in [1.165, 1.54) is 161 Å². The number of aliphatic hydroxyl groups excluding tert-OH is 2. The van der Waals surface area contributed by atoms with Crippen LogP contribution in [-0.4, -0.2) is 89.2 Å². The summed E-state index contributed by atoms with van der Waals surface area (Å²) in [6, 6.07) is 0. The highest BCUT2D eigenvalue weighted by molar-refractivity contribution is 5.74. The van der Waals surface area contributed by atoms with Crippen LogP contribution in [0.1, 0.15) is 303 Å². The first-order valence-corrected chi connectivity index (χ1v) is 32.0. The minimum Gasteiger partial charge on any atom is -0.479 e. The fourth-order valence-corrected chi connectivity index (χ4v) is 9.75. The van der Waals surface area contributed by atoms with E-state index in [1.807, 2.05) is 0 Å². The topological polar surface area (TPSA) is 175 Å². The molecule has 1 saturated heterocycles. The molecule has 0 aromatic heterocycles. The van der Waals surface area contributed by atoms with Crippen molar-refractivity contribution in [3.63, 3.8) is 0 Å². The van der Waals surface area contributed by atoms with Crippen molar-refractivity contribution in [1.29, 1.82) is 0 Å². The lowest BCUT2D eigenvalue weighted by atomic mass is 9.98. The number of esters is 3. The highest BCUT2D eigenvalue weighted by Gasteiger charge is 2.50. The highest BCUT2D eigenvalue weighted by atomic mass is 16.7. The van der Waals surface area contributed by atoms with Gasteiger partial charge in [-0.2, -0.15) is 0 Å². The molecule has 1 aliphatic heterocycles. The van der Waals surface area contributed by atoms with Crippen molar-refractivity contribution in [1.82, 2.24) is 0 Å². The Morgan fingerprint density at radius 3 is 1.21 bits per heavy atom. The molecule has 0 amide bonds. The van der Waals surface area contributed by atoms with Gasteiger partial charge in [0.25, 0.3) is 0 Å². The van der Waals surface area contributed by atoms with Crippen LogP contribution < -0.4 is 0 Å². The van der Waals surface area contributed by atoms with E-state index < -0.39 is 67.3 Å². The molecule has 6 unspecified atom stereocenters. The molecule has 0 aromatic rings. The second-order valence-electron chi connectivity index (χ2n) is 22.0. The SMILES string of the molecule is CCCCC/C=C\C/C=C\CCCCCCCCCCCC(=O)OCC(COC1OC(C(=O)O)C(O)C(O)C1OC(=O)CCCCCCCCC/C=C\CCCCCCCC)OC(=O)CCCCCCCCCCCCC. The normalized spacial score (nSPS) is 18.2. The number of ether oxygens (including phenoxy) is 5. The highest BCUT2D eigenvalue weighted by Crippen LogP contribution is 2.27. The quantitative estimate of drug-likeness (QED) is 0.0228. The van der Waals surface area contributed by atoms with Crippen molar-refractivity contribution >= 4 is 23.9 Å². The summed E-state index contributed by atoms with van der Waals surface area (Å²) in [4.78, 5) is 51.2. The Hall–Kier alpha value is -3.06. The average molecular weight is 1090 g/mol. The molecule has 448 valence electrons. The van der Waals surface area contributed by atoms with Crippen LogP contribution in [0.4, 0.5) is 0 Å². The maximum atomic E-state index is 13.1. The molecule has 1 fully saturated rings. The molecular formula is C65H116O12. The van der Waals surface area contributed by atoms with E-state index in [1.54, 1.807) is 0 Å². The summed E-state index contributed by atoms with van der Waals surface area (Å²) in [5, 5.41) is 31.5. The fourth-order valence-electron chi connectivity index (χ4n) is 9.75. The van der Waals surface area contributed by atoms with Crippen LogP contribution in [0.5, 0.6) is 0 Å². The third kappa shape index (κ3) is 43.4. The van der Waals surface area contributed by atoms with Crippen molar-refractivity contribution < 1.29 is 58.2 Å². The fraction of sp³-hybridized carbons (Fsp3) is 0.846. The molecule has 0 aromatic carbocycles. The van der Waals surface area contributed by atoms with Crippen LogP contribution in [0.3, 0.4) is 0 Å². The summed E-state index contributed by atoms with van der Waals surface area (Å²) in [5.74, 6) is -3.10. The van der Waals surface area contributed by atoms with Gasteiger partial charge in [0.15, 0.2) is 24.6 Å². The van der Waals surface area contributed by atoms with E-state index >= 15 is 0 Å². The van der Waals surface area contributed by atoms with E-state index in [0.29, 0.717) is 19.3 Å². The molecule has 77 heavy (non-hydrogen) atoms. The first kappa shape index (κ1) is 72.0. The Morgan fingerprint density at radius 1 is 0.429 bits per heavy atom. The third-order valence-electron chi connectivity index (χ3n) is 14.7. The van der Waals surface area contributed by atoms with Gasteiger partial charge in [-0.15, -0.1) is 0 Å². The Labute approximate surface area is 470 Å². The van der Waals surface area contributed by atoms with Crippen molar-refractivity contribution in [3.05, 3.63) is 36.5 Å². The summed E-state index contributed by atoms with van der Waals surface area (Å²) in [7, 11) is 0. The van der Waals surface area contributed by atoms with Gasteiger partial charge < -0.3 is 39.0 Å². The molecule has 12 nitrogen and oxygen atoms in total. The number of carbonyl (C=O) groups excluding carboxylic acids is 3. The van der Waals surface area contributed by atoms with E-state index in [-0.39, 0.29) is 25.9 Å². The summed E-state index contributed by atoms with van der Waals surface area (Å²) < 4.78 is 28.5. The zero-order valence-electron chi connectivity index (χ0n) is 49.5. The van der Waals surface area contributed by atoms with Gasteiger partial charge in [0, 0.05) is 19.3 Å². The Morgan fingerprint density at radius 2 is 0.779 bits per heavy atom. The molecule has 0 radical (unpaired) electrons. The molecule has 0 spiro atoms. The predicted octanol–water partition coefficient (Wildman–Crippen LogP) is 16.8. The Kier molecular flexibility index (Phi) is 50.1. The Balaban J connectivity index is 2.62. The summed E-state index contributed by atoms with van der Waals surface area (Å²) in [5.41, 5.74) is 0. The van der Waals surface area contributed by atoms with Crippen LogP contribution >= 0.6 is 0 Å². The number of carboxylic acid groups (broad SMARTS) is 1. The standard InChI is InChI=1S/C65H116O12/c1-4-7-10-13-16-19-22-24-26-28-29-31-32-34-37-39-42-45-48-51-57(66)73-54-56(75-58(67)52-49-46-43-40-36-21-18-15-12-9-6-3)55-74-65-63(61(70)60(69)62(77-65)64(71)72)76-59(68)53-50-47-44-41-38-35-33-30-27-25-23-20-17-14-11-8-5-2/h16,19,24-27,56,60-63,65,69-70H,4-15,17-18,20-23,28-55H2,1-3H3,(H,71,72)/b19-16-,26-24-,27-25-. The van der Waals surface area contributed by atoms with E-state index in [0.717, 1.165) is 83.5 Å². The lowest BCUT2D eigenvalue weighted by Crippen LogP contribution is -2.61. The Bertz CT molecular complexity index is 1480. The number of aliphatic hydroxyl groups is 2. The maximum absolute atomic E-state index is 13.1. The minimum atomic E-state index is -1.90. The van der Waals surface area contributed by atoms with Crippen molar-refractivity contribution in [2.75, 3.05) is 13.2 Å². The molecule has 1 rings (SSSR count). The summed E-state index contributed by atoms with van der Waals surface area (Å²) in [6.07, 6.45) is 51.1. The number of unbranched alkanes of at least 4 members (excludes halogenated alkanes) is 35. The zero-order chi connectivity index (χ0) is 56.1. The summed E-state index contributed by atoms with van der Waals surface area (Å²) in [6.45, 7) is 5.99. The number of hydrogen-bond donors (Lipinski definition) is 3. The van der Waals surface area contributed by atoms with Gasteiger partial charge in [-0.05, 0) is 77.0 Å². The van der Waals surface area contributed by atoms with Gasteiger partial charge in [0.1, 0.15) is 18.8 Å². The van der Waals surface area contributed by atoms with E-state index in [4.69, 9.17) is 23.7 Å². The molecule has 0 saturated carbocycles. The maximum Gasteiger partial charge on any atom is 0.335 e. The zero-order valence-corrected chi connectivity index (χ0v) is 49.5. The van der Waals surface area contributed by atoms with Gasteiger partial charge in [-0.3, -0.25) is 14.4 Å². The van der Waals surface area contributed by atoms with Crippen LogP contribution in [0.15, 0.2) is 36.5 Å². The largest absolute Gasteiger partial charge is 0.479 e. The molecular weight excluding hydrogens is 973 g/mol. The predicted molar refractivity (Wildman–Crippen MR) is 313 cm³/mol. The van der Waals surface area contributed by atoms with Gasteiger partial charge in [0.05, 0.1) is 6.61 Å². The lowest BCUT2D eigenvalue weighted by molar-refractivity contribution is -0.301. The smallest absolute Gasteiger partial charge is 0.335 e. The molecule has 1 aliphatic rings. The van der Waals surface area contributed by atoms with E-state index in [9.17, 15) is 34.5 Å². The van der Waals surface area contributed by atoms with Crippen LogP contribution in [0.2, 0.25) is 0 Å². The second kappa shape index (κ2) is 53.6. The van der Waals surface area contributed by atoms with Gasteiger partial charge >= 0.3 is 23.9 Å². The summed E-state index contributed by atoms with van der Waals surface area (Å²) >= 11 is 0. The number of allylic oxidation sites excluding steroid dienone is 6. The van der Waals surface area contributed by atoms with Gasteiger partial charge in [0.2, 0.25) is 0 Å². The minimum absolute atomic E-state index is 0.0588. The molecule has 6 atom stereocenters. The lowest BCUT2D eigenvalue weighted by Gasteiger charge is -2.40. The van der Waals surface area contributed by atoms with Crippen molar-refractivity contribution in [2.24, 2.45) is 0 Å². The molecule has 0 bridgehead atoms. The number of rotatable bonds is 55. The average Bonchev–Trinajstić information content (AvgIpc) is 3.41. The third-order valence-corrected chi connectivity index (χ3v) is 14.7. The van der Waals surface area contributed by atoms with Crippen LogP contribution in [0.25, 0.3) is 0 Å². The number of carbonyl (C=O) groups is 4. The van der Waals surface area contributed by atoms with Crippen LogP contribution in [-0.2, 0) is 42.9 Å². The van der Waals surface area contributed by atoms with Crippen LogP contribution in [0, 0.1) is 0 Å². The van der Waals surface area contributed by atoms with Gasteiger partial charge in [-0.1, -0.05) is 243 Å². The number of aliphatic carboxylic acids is 1. The van der Waals surface area contributed by atoms with Crippen molar-refractivity contribution in [3.8, 4) is 0 Å².